The lowest BCUT2D eigenvalue weighted by atomic mass is 10.2. The van der Waals surface area contributed by atoms with E-state index in [9.17, 15) is 4.79 Å². The van der Waals surface area contributed by atoms with Gasteiger partial charge in [0.2, 0.25) is 0 Å². The normalized spacial score (nSPS) is 8.83. The van der Waals surface area contributed by atoms with Gasteiger partial charge in [-0.3, -0.25) is 4.79 Å². The van der Waals surface area contributed by atoms with E-state index in [4.69, 9.17) is 5.73 Å². The van der Waals surface area contributed by atoms with E-state index in [1.54, 1.807) is 12.3 Å². The number of pyridine rings is 1. The molecular weight excluding hydrogens is 243 g/mol. The lowest BCUT2D eigenvalue weighted by Gasteiger charge is -1.99. The van der Waals surface area contributed by atoms with Gasteiger partial charge in [0.15, 0.2) is 5.78 Å². The van der Waals surface area contributed by atoms with Crippen molar-refractivity contribution < 1.29 is 4.79 Å². The predicted molar refractivity (Wildman–Crippen MR) is 53.6 cm³/mol. The van der Waals surface area contributed by atoms with E-state index in [0.29, 0.717) is 11.4 Å². The van der Waals surface area contributed by atoms with Crippen LogP contribution in [-0.2, 0) is 0 Å². The van der Waals surface area contributed by atoms with Gasteiger partial charge < -0.3 is 5.73 Å². The fourth-order valence-electron chi connectivity index (χ4n) is 0.749. The van der Waals surface area contributed by atoms with E-state index in [0.717, 1.165) is 4.47 Å². The molecule has 0 aliphatic heterocycles. The number of halogens is 2. The van der Waals surface area contributed by atoms with Gasteiger partial charge >= 0.3 is 0 Å². The van der Waals surface area contributed by atoms with Crippen LogP contribution in [-0.4, -0.2) is 10.8 Å². The molecule has 0 aliphatic carbocycles. The Morgan fingerprint density at radius 2 is 2.25 bits per heavy atom. The van der Waals surface area contributed by atoms with Gasteiger partial charge in [-0.1, -0.05) is 0 Å². The van der Waals surface area contributed by atoms with Crippen LogP contribution in [0.3, 0.4) is 0 Å². The zero-order valence-corrected chi connectivity index (χ0v) is 8.78. The molecule has 0 atom stereocenters. The molecule has 0 unspecified atom stereocenters. The summed E-state index contributed by atoms with van der Waals surface area (Å²) in [4.78, 5) is 14.7. The van der Waals surface area contributed by atoms with Gasteiger partial charge in [-0.15, -0.1) is 12.4 Å². The number of nitrogens with two attached hydrogens (primary N) is 1. The Hall–Kier alpha value is -0.610. The Bertz CT molecular complexity index is 303. The van der Waals surface area contributed by atoms with E-state index in [-0.39, 0.29) is 18.2 Å². The number of ketones is 1. The smallest absolute Gasteiger partial charge is 0.180 e. The van der Waals surface area contributed by atoms with Crippen molar-refractivity contribution in [2.45, 2.75) is 6.92 Å². The van der Waals surface area contributed by atoms with E-state index >= 15 is 0 Å². The number of anilines is 1. The molecule has 2 N–H and O–H groups in total. The molecule has 1 aromatic heterocycles. The summed E-state index contributed by atoms with van der Waals surface area (Å²) >= 11 is 3.19. The zero-order chi connectivity index (χ0) is 8.43. The molecule has 0 radical (unpaired) electrons. The number of carbonyl (C=O) groups is 1. The van der Waals surface area contributed by atoms with Crippen molar-refractivity contribution in [2.24, 2.45) is 0 Å². The fourth-order valence-corrected chi connectivity index (χ4v) is 1.10. The number of hydrogen-bond donors (Lipinski definition) is 1. The second kappa shape index (κ2) is 4.42. The highest BCUT2D eigenvalue weighted by Gasteiger charge is 2.05. The third kappa shape index (κ3) is 2.46. The maximum absolute atomic E-state index is 10.8. The summed E-state index contributed by atoms with van der Waals surface area (Å²) in [5.74, 6) is -0.116. The molecule has 1 heterocycles. The van der Waals surface area contributed by atoms with E-state index < -0.39 is 0 Å². The summed E-state index contributed by atoms with van der Waals surface area (Å²) in [5.41, 5.74) is 6.25. The number of nitrogens with zero attached hydrogens (tertiary/aromatic N) is 1. The standard InChI is InChI=1S/C7H7BrN2O.ClH/c1-4(11)7-6(9)2-5(8)3-10-7;/h2-3H,9H2,1H3;1H. The van der Waals surface area contributed by atoms with Crippen LogP contribution in [0.4, 0.5) is 5.69 Å². The summed E-state index contributed by atoms with van der Waals surface area (Å²) in [6, 6.07) is 1.66. The van der Waals surface area contributed by atoms with Crippen molar-refractivity contribution in [3.8, 4) is 0 Å². The maximum Gasteiger partial charge on any atom is 0.180 e. The summed E-state index contributed by atoms with van der Waals surface area (Å²) in [6.45, 7) is 1.44. The van der Waals surface area contributed by atoms with E-state index in [1.165, 1.54) is 6.92 Å². The Morgan fingerprint density at radius 1 is 1.67 bits per heavy atom. The first-order valence-corrected chi connectivity index (χ1v) is 3.82. The van der Waals surface area contributed by atoms with Gasteiger partial charge in [-0.25, -0.2) is 4.98 Å². The van der Waals surface area contributed by atoms with Crippen molar-refractivity contribution in [2.75, 3.05) is 5.73 Å². The number of aromatic nitrogens is 1. The van der Waals surface area contributed by atoms with Crippen molar-refractivity contribution in [3.63, 3.8) is 0 Å². The van der Waals surface area contributed by atoms with Crippen LogP contribution < -0.4 is 5.73 Å². The minimum Gasteiger partial charge on any atom is -0.397 e. The summed E-state index contributed by atoms with van der Waals surface area (Å²) < 4.78 is 0.778. The average Bonchev–Trinajstić information content (AvgIpc) is 1.85. The third-order valence-electron chi connectivity index (χ3n) is 1.22. The average molecular weight is 252 g/mol. The molecular formula is C7H8BrClN2O. The highest BCUT2D eigenvalue weighted by molar-refractivity contribution is 9.10. The van der Waals surface area contributed by atoms with Crippen LogP contribution in [0.5, 0.6) is 0 Å². The van der Waals surface area contributed by atoms with Crippen molar-refractivity contribution in [3.05, 3.63) is 22.4 Å². The van der Waals surface area contributed by atoms with Gasteiger partial charge in [0.05, 0.1) is 5.69 Å². The van der Waals surface area contributed by atoms with Crippen LogP contribution in [0.2, 0.25) is 0 Å². The molecule has 0 saturated heterocycles. The van der Waals surface area contributed by atoms with Crippen molar-refractivity contribution >= 4 is 39.8 Å². The van der Waals surface area contributed by atoms with Crippen molar-refractivity contribution in [1.29, 1.82) is 0 Å². The molecule has 0 spiro atoms. The predicted octanol–water partition coefficient (Wildman–Crippen LogP) is 2.05. The van der Waals surface area contributed by atoms with E-state index in [2.05, 4.69) is 20.9 Å². The maximum atomic E-state index is 10.8. The highest BCUT2D eigenvalue weighted by Crippen LogP contribution is 2.15. The van der Waals surface area contributed by atoms with Crippen LogP contribution in [0, 0.1) is 0 Å². The minimum absolute atomic E-state index is 0. The zero-order valence-electron chi connectivity index (χ0n) is 6.37. The van der Waals surface area contributed by atoms with Crippen LogP contribution in [0.15, 0.2) is 16.7 Å². The highest BCUT2D eigenvalue weighted by atomic mass is 79.9. The largest absolute Gasteiger partial charge is 0.397 e. The molecule has 1 aromatic rings. The van der Waals surface area contributed by atoms with Gasteiger partial charge in [-0.05, 0) is 22.0 Å². The minimum atomic E-state index is -0.116. The number of carbonyl (C=O) groups excluding carboxylic acids is 1. The van der Waals surface area contributed by atoms with Gasteiger partial charge in [0.25, 0.3) is 0 Å². The Labute approximate surface area is 84.9 Å². The molecule has 3 nitrogen and oxygen atoms in total. The molecule has 0 saturated carbocycles. The number of nitrogen functional groups attached to an aromatic ring is 1. The van der Waals surface area contributed by atoms with Crippen LogP contribution in [0.1, 0.15) is 17.4 Å². The SMILES string of the molecule is CC(=O)c1ncc(Br)cc1N.Cl. The van der Waals surface area contributed by atoms with Crippen LogP contribution >= 0.6 is 28.3 Å². The number of hydrogen-bond acceptors (Lipinski definition) is 3. The Balaban J connectivity index is 0.00000121. The van der Waals surface area contributed by atoms with Gasteiger partial charge in [0, 0.05) is 17.6 Å². The van der Waals surface area contributed by atoms with Crippen LogP contribution in [0.25, 0.3) is 0 Å². The van der Waals surface area contributed by atoms with E-state index in [1.807, 2.05) is 0 Å². The summed E-state index contributed by atoms with van der Waals surface area (Å²) in [6.07, 6.45) is 1.55. The molecule has 0 amide bonds. The monoisotopic (exact) mass is 250 g/mol. The number of rotatable bonds is 1. The second-order valence-electron chi connectivity index (χ2n) is 2.15. The Morgan fingerprint density at radius 3 is 2.67 bits per heavy atom. The molecule has 5 heteroatoms. The quantitative estimate of drug-likeness (QED) is 0.777. The second-order valence-corrected chi connectivity index (χ2v) is 3.06. The molecule has 12 heavy (non-hydrogen) atoms. The molecule has 0 bridgehead atoms. The molecule has 0 aromatic carbocycles. The summed E-state index contributed by atoms with van der Waals surface area (Å²) in [5, 5.41) is 0. The molecule has 1 rings (SSSR count). The van der Waals surface area contributed by atoms with Crippen molar-refractivity contribution in [1.82, 2.24) is 4.98 Å². The fraction of sp³-hybridized carbons (Fsp3) is 0.143. The first kappa shape index (κ1) is 11.4. The number of Topliss-reactive ketones (excluding diaryl/α,β-unsaturated/α-hetero) is 1. The third-order valence-corrected chi connectivity index (χ3v) is 1.65. The van der Waals surface area contributed by atoms with Gasteiger partial charge in [0.1, 0.15) is 5.69 Å². The topological polar surface area (TPSA) is 56.0 Å². The lowest BCUT2D eigenvalue weighted by Crippen LogP contribution is -2.02. The Kier molecular flexibility index (Phi) is 4.20. The first-order chi connectivity index (χ1) is 5.11. The van der Waals surface area contributed by atoms with Gasteiger partial charge in [-0.2, -0.15) is 0 Å². The molecule has 66 valence electrons. The summed E-state index contributed by atoms with van der Waals surface area (Å²) in [7, 11) is 0. The lowest BCUT2D eigenvalue weighted by molar-refractivity contribution is 0.101. The first-order valence-electron chi connectivity index (χ1n) is 3.03. The molecule has 0 fully saturated rings. The molecule has 0 aliphatic rings.